The van der Waals surface area contributed by atoms with Crippen LogP contribution in [0.5, 0.6) is 5.75 Å². The molecule has 1 amide bonds. The van der Waals surface area contributed by atoms with Crippen molar-refractivity contribution in [1.82, 2.24) is 4.57 Å². The second-order valence-electron chi connectivity index (χ2n) is 8.77. The number of carbonyl (C=O) groups is 1. The second-order valence-corrected chi connectivity index (χ2v) is 8.77. The van der Waals surface area contributed by atoms with Crippen LogP contribution in [0.15, 0.2) is 72.8 Å². The first-order chi connectivity index (χ1) is 17.2. The zero-order valence-corrected chi connectivity index (χ0v) is 19.7. The molecule has 35 heavy (non-hydrogen) atoms. The summed E-state index contributed by atoms with van der Waals surface area (Å²) >= 11 is 0. The van der Waals surface area contributed by atoms with Crippen molar-refractivity contribution in [1.29, 1.82) is 5.26 Å². The van der Waals surface area contributed by atoms with Crippen LogP contribution in [-0.2, 0) is 17.9 Å². The van der Waals surface area contributed by atoms with Gasteiger partial charge in [-0.25, -0.2) is 4.79 Å². The van der Waals surface area contributed by atoms with Crippen LogP contribution in [0.2, 0.25) is 0 Å². The SMILES string of the molecule is CCOc1ccc2c(C#N)c(-c3ccc(NC(=O)OCc4ccccc4)cc3)n(CC3CC3)c2c1. The van der Waals surface area contributed by atoms with E-state index in [1.54, 1.807) is 0 Å². The molecule has 176 valence electrons. The van der Waals surface area contributed by atoms with Crippen LogP contribution >= 0.6 is 0 Å². The fourth-order valence-electron chi connectivity index (χ4n) is 4.34. The molecule has 0 radical (unpaired) electrons. The molecule has 1 aliphatic rings. The van der Waals surface area contributed by atoms with Gasteiger partial charge < -0.3 is 14.0 Å². The number of anilines is 1. The van der Waals surface area contributed by atoms with Crippen LogP contribution in [0.4, 0.5) is 10.5 Å². The molecule has 5 rings (SSSR count). The Labute approximate surface area is 204 Å². The van der Waals surface area contributed by atoms with E-state index in [0.717, 1.165) is 40.0 Å². The molecule has 1 saturated carbocycles. The van der Waals surface area contributed by atoms with Gasteiger partial charge in [-0.3, -0.25) is 5.32 Å². The maximum absolute atomic E-state index is 12.2. The number of nitrogens with zero attached hydrogens (tertiary/aromatic N) is 2. The highest BCUT2D eigenvalue weighted by Gasteiger charge is 2.26. The van der Waals surface area contributed by atoms with Gasteiger partial charge in [0.2, 0.25) is 0 Å². The van der Waals surface area contributed by atoms with E-state index in [9.17, 15) is 10.1 Å². The maximum atomic E-state index is 12.2. The van der Waals surface area contributed by atoms with Crippen molar-refractivity contribution in [3.05, 3.63) is 83.9 Å². The number of hydrogen-bond acceptors (Lipinski definition) is 4. The Hall–Kier alpha value is -4.24. The van der Waals surface area contributed by atoms with E-state index >= 15 is 0 Å². The Morgan fingerprint density at radius 2 is 1.86 bits per heavy atom. The molecular weight excluding hydrogens is 438 g/mol. The van der Waals surface area contributed by atoms with Gasteiger partial charge in [0.05, 0.1) is 23.4 Å². The lowest BCUT2D eigenvalue weighted by Gasteiger charge is -2.12. The van der Waals surface area contributed by atoms with Gasteiger partial charge in [0.1, 0.15) is 18.4 Å². The fourth-order valence-corrected chi connectivity index (χ4v) is 4.34. The number of hydrogen-bond donors (Lipinski definition) is 1. The van der Waals surface area contributed by atoms with E-state index in [1.807, 2.05) is 79.7 Å². The van der Waals surface area contributed by atoms with Crippen molar-refractivity contribution >= 4 is 22.7 Å². The summed E-state index contributed by atoms with van der Waals surface area (Å²) in [5, 5.41) is 13.8. The van der Waals surface area contributed by atoms with Crippen LogP contribution in [-0.4, -0.2) is 17.3 Å². The van der Waals surface area contributed by atoms with Crippen molar-refractivity contribution in [3.63, 3.8) is 0 Å². The Morgan fingerprint density at radius 3 is 2.54 bits per heavy atom. The molecule has 0 atom stereocenters. The van der Waals surface area contributed by atoms with E-state index in [-0.39, 0.29) is 6.61 Å². The normalized spacial score (nSPS) is 12.8. The first-order valence-corrected chi connectivity index (χ1v) is 11.9. The molecule has 1 heterocycles. The number of benzene rings is 3. The summed E-state index contributed by atoms with van der Waals surface area (Å²) in [7, 11) is 0. The summed E-state index contributed by atoms with van der Waals surface area (Å²) in [6.45, 7) is 3.64. The number of aromatic nitrogens is 1. The summed E-state index contributed by atoms with van der Waals surface area (Å²) in [6.07, 6.45) is 1.91. The molecule has 0 spiro atoms. The Morgan fingerprint density at radius 1 is 1.09 bits per heavy atom. The molecule has 1 aromatic heterocycles. The summed E-state index contributed by atoms with van der Waals surface area (Å²) in [5.74, 6) is 1.44. The molecule has 6 nitrogen and oxygen atoms in total. The highest BCUT2D eigenvalue weighted by Crippen LogP contribution is 2.39. The molecule has 3 aromatic carbocycles. The summed E-state index contributed by atoms with van der Waals surface area (Å²) in [6, 6.07) is 25.5. The van der Waals surface area contributed by atoms with Gasteiger partial charge >= 0.3 is 6.09 Å². The van der Waals surface area contributed by atoms with Crippen LogP contribution < -0.4 is 10.1 Å². The lowest BCUT2D eigenvalue weighted by atomic mass is 10.1. The van der Waals surface area contributed by atoms with E-state index in [0.29, 0.717) is 23.8 Å². The Kier molecular flexibility index (Phi) is 6.40. The lowest BCUT2D eigenvalue weighted by Crippen LogP contribution is -2.13. The minimum atomic E-state index is -0.509. The number of fused-ring (bicyclic) bond motifs is 1. The van der Waals surface area contributed by atoms with Crippen molar-refractivity contribution in [2.75, 3.05) is 11.9 Å². The van der Waals surface area contributed by atoms with E-state index in [2.05, 4.69) is 16.0 Å². The molecule has 1 aliphatic carbocycles. The minimum absolute atomic E-state index is 0.210. The average molecular weight is 466 g/mol. The predicted molar refractivity (Wildman–Crippen MR) is 136 cm³/mol. The van der Waals surface area contributed by atoms with Crippen LogP contribution in [0.3, 0.4) is 0 Å². The van der Waals surface area contributed by atoms with E-state index in [1.165, 1.54) is 12.8 Å². The third-order valence-electron chi connectivity index (χ3n) is 6.21. The molecule has 4 aromatic rings. The largest absolute Gasteiger partial charge is 0.494 e. The number of nitrogens with one attached hydrogen (secondary N) is 1. The smallest absolute Gasteiger partial charge is 0.411 e. The van der Waals surface area contributed by atoms with Crippen molar-refractivity contribution < 1.29 is 14.3 Å². The maximum Gasteiger partial charge on any atom is 0.411 e. The minimum Gasteiger partial charge on any atom is -0.494 e. The lowest BCUT2D eigenvalue weighted by molar-refractivity contribution is 0.155. The van der Waals surface area contributed by atoms with Gasteiger partial charge in [-0.05, 0) is 61.1 Å². The molecule has 0 aliphatic heterocycles. The molecule has 0 saturated heterocycles. The molecule has 1 fully saturated rings. The first kappa shape index (κ1) is 22.5. The highest BCUT2D eigenvalue weighted by atomic mass is 16.5. The summed E-state index contributed by atoms with van der Waals surface area (Å²) in [5.41, 5.74) is 5.07. The number of carbonyl (C=O) groups excluding carboxylic acids is 1. The van der Waals surface area contributed by atoms with Gasteiger partial charge in [-0.2, -0.15) is 5.26 Å². The van der Waals surface area contributed by atoms with Gasteiger partial charge in [0.15, 0.2) is 0 Å². The fraction of sp³-hybridized carbons (Fsp3) is 0.241. The van der Waals surface area contributed by atoms with Crippen molar-refractivity contribution in [2.24, 2.45) is 5.92 Å². The predicted octanol–water partition coefficient (Wildman–Crippen LogP) is 6.74. The third-order valence-corrected chi connectivity index (χ3v) is 6.21. The zero-order chi connectivity index (χ0) is 24.2. The van der Waals surface area contributed by atoms with Gasteiger partial charge in [-0.15, -0.1) is 0 Å². The number of rotatable bonds is 8. The topological polar surface area (TPSA) is 76.3 Å². The monoisotopic (exact) mass is 465 g/mol. The number of ether oxygens (including phenoxy) is 2. The van der Waals surface area contributed by atoms with E-state index in [4.69, 9.17) is 9.47 Å². The van der Waals surface area contributed by atoms with Crippen LogP contribution in [0.25, 0.3) is 22.2 Å². The Balaban J connectivity index is 1.41. The van der Waals surface area contributed by atoms with E-state index < -0.39 is 6.09 Å². The average Bonchev–Trinajstić information content (AvgIpc) is 3.65. The van der Waals surface area contributed by atoms with Crippen molar-refractivity contribution in [3.8, 4) is 23.1 Å². The van der Waals surface area contributed by atoms with Crippen molar-refractivity contribution in [2.45, 2.75) is 32.9 Å². The molecule has 0 unspecified atom stereocenters. The van der Waals surface area contributed by atoms with Gasteiger partial charge in [0.25, 0.3) is 0 Å². The molecule has 0 bridgehead atoms. The zero-order valence-electron chi connectivity index (χ0n) is 19.7. The standard InChI is InChI=1S/C29H27N3O3/c1-2-34-24-14-15-25-26(17-30)28(32(27(25)16-24)18-20-8-9-20)22-10-12-23(13-11-22)31-29(33)35-19-21-6-4-3-5-7-21/h3-7,10-16,20H,2,8-9,18-19H2,1H3,(H,31,33). The van der Waals surface area contributed by atoms with Crippen LogP contribution in [0.1, 0.15) is 30.9 Å². The number of amides is 1. The summed E-state index contributed by atoms with van der Waals surface area (Å²) in [4.78, 5) is 12.2. The third kappa shape index (κ3) is 4.99. The molecule has 1 N–H and O–H groups in total. The highest BCUT2D eigenvalue weighted by molar-refractivity contribution is 5.95. The van der Waals surface area contributed by atoms with Gasteiger partial charge in [0, 0.05) is 23.7 Å². The summed E-state index contributed by atoms with van der Waals surface area (Å²) < 4.78 is 13.3. The quantitative estimate of drug-likeness (QED) is 0.313. The van der Waals surface area contributed by atoms with Gasteiger partial charge in [-0.1, -0.05) is 42.5 Å². The van der Waals surface area contributed by atoms with Crippen LogP contribution in [0, 0.1) is 17.2 Å². The second kappa shape index (κ2) is 9.94. The Bertz CT molecular complexity index is 1380. The molecular formula is C29H27N3O3. The first-order valence-electron chi connectivity index (χ1n) is 11.9. The molecule has 6 heteroatoms. The number of nitriles is 1.